The monoisotopic (exact) mass is 259 g/mol. The number of nitrogens with two attached hydrogens (primary N) is 1. The van der Waals surface area contributed by atoms with Gasteiger partial charge in [-0.2, -0.15) is 0 Å². The molecule has 3 nitrogen and oxygen atoms in total. The number of hydrogen-bond donors (Lipinski definition) is 3. The van der Waals surface area contributed by atoms with Gasteiger partial charge < -0.3 is 15.9 Å². The molecule has 0 heterocycles. The average Bonchev–Trinajstić information content (AvgIpc) is 1.96. The molecule has 0 aliphatic carbocycles. The maximum atomic E-state index is 9.36. The highest BCUT2D eigenvalue weighted by Gasteiger charge is 2.14. The second kappa shape index (κ2) is 3.79. The van der Waals surface area contributed by atoms with E-state index in [1.165, 1.54) is 6.07 Å². The normalized spacial score (nSPS) is 11.7. The lowest BCUT2D eigenvalue weighted by atomic mass is 9.96. The van der Waals surface area contributed by atoms with Gasteiger partial charge in [-0.05, 0) is 53.9 Å². The van der Waals surface area contributed by atoms with Gasteiger partial charge in [0.15, 0.2) is 11.5 Å². The van der Waals surface area contributed by atoms with E-state index in [9.17, 15) is 10.2 Å². The molecule has 4 N–H and O–H groups in total. The third-order valence-electron chi connectivity index (χ3n) is 1.76. The molecule has 0 saturated heterocycles. The fraction of sp³-hybridized carbons (Fsp3) is 0.400. The Morgan fingerprint density at radius 2 is 1.93 bits per heavy atom. The molecule has 0 aromatic heterocycles. The molecule has 0 spiro atoms. The molecule has 0 aliphatic rings. The average molecular weight is 260 g/mol. The van der Waals surface area contributed by atoms with Crippen molar-refractivity contribution in [3.05, 3.63) is 22.2 Å². The Morgan fingerprint density at radius 1 is 1.36 bits per heavy atom. The minimum Gasteiger partial charge on any atom is -0.504 e. The Hall–Kier alpha value is -0.740. The first-order valence-electron chi connectivity index (χ1n) is 4.29. The van der Waals surface area contributed by atoms with Crippen LogP contribution in [0.3, 0.4) is 0 Å². The van der Waals surface area contributed by atoms with E-state index in [2.05, 4.69) is 15.9 Å². The van der Waals surface area contributed by atoms with Crippen molar-refractivity contribution in [1.82, 2.24) is 0 Å². The van der Waals surface area contributed by atoms with Crippen LogP contribution in [0.2, 0.25) is 0 Å². The van der Waals surface area contributed by atoms with Crippen molar-refractivity contribution in [3.63, 3.8) is 0 Å². The van der Waals surface area contributed by atoms with E-state index in [1.54, 1.807) is 6.07 Å². The first-order valence-corrected chi connectivity index (χ1v) is 5.08. The van der Waals surface area contributed by atoms with Crippen LogP contribution in [0.25, 0.3) is 0 Å². The zero-order valence-corrected chi connectivity index (χ0v) is 9.80. The Bertz CT molecular complexity index is 321. The van der Waals surface area contributed by atoms with E-state index >= 15 is 0 Å². The first-order chi connectivity index (χ1) is 6.29. The molecule has 0 radical (unpaired) electrons. The van der Waals surface area contributed by atoms with Crippen molar-refractivity contribution in [2.24, 2.45) is 5.73 Å². The highest BCUT2D eigenvalue weighted by Crippen LogP contribution is 2.34. The summed E-state index contributed by atoms with van der Waals surface area (Å²) in [6.07, 6.45) is 0.638. The lowest BCUT2D eigenvalue weighted by Gasteiger charge is -2.18. The van der Waals surface area contributed by atoms with Gasteiger partial charge in [0.05, 0.1) is 4.47 Å². The maximum absolute atomic E-state index is 9.36. The minimum absolute atomic E-state index is 0.126. The van der Waals surface area contributed by atoms with E-state index in [0.29, 0.717) is 10.9 Å². The summed E-state index contributed by atoms with van der Waals surface area (Å²) in [5.74, 6) is -0.262. The number of phenolic OH excluding ortho intramolecular Hbond substituents is 2. The molecule has 0 amide bonds. The van der Waals surface area contributed by atoms with Crippen LogP contribution in [0.15, 0.2) is 16.6 Å². The summed E-state index contributed by atoms with van der Waals surface area (Å²) in [6.45, 7) is 3.82. The van der Waals surface area contributed by atoms with Gasteiger partial charge in [0.2, 0.25) is 0 Å². The number of hydrogen-bond acceptors (Lipinski definition) is 3. The van der Waals surface area contributed by atoms with Gasteiger partial charge in [-0.15, -0.1) is 0 Å². The summed E-state index contributed by atoms with van der Waals surface area (Å²) in [4.78, 5) is 0. The molecule has 0 unspecified atom stereocenters. The molecule has 0 atom stereocenters. The first kappa shape index (κ1) is 11.3. The molecular weight excluding hydrogens is 246 g/mol. The molecule has 1 rings (SSSR count). The standard InChI is InChI=1S/C10H14BrNO2/c1-10(2,12)5-6-3-7(11)9(14)8(13)4-6/h3-4,13-14H,5,12H2,1-2H3. The second-order valence-corrected chi connectivity index (χ2v) is 4.97. The Balaban J connectivity index is 3.02. The highest BCUT2D eigenvalue weighted by molar-refractivity contribution is 9.10. The fourth-order valence-corrected chi connectivity index (χ4v) is 1.76. The van der Waals surface area contributed by atoms with Crippen LogP contribution in [0, 0.1) is 0 Å². The van der Waals surface area contributed by atoms with Crippen molar-refractivity contribution in [1.29, 1.82) is 0 Å². The van der Waals surface area contributed by atoms with E-state index in [-0.39, 0.29) is 17.0 Å². The van der Waals surface area contributed by atoms with Gasteiger partial charge in [-0.1, -0.05) is 0 Å². The Labute approximate surface area is 91.7 Å². The predicted molar refractivity (Wildman–Crippen MR) is 59.4 cm³/mol. The van der Waals surface area contributed by atoms with Crippen LogP contribution < -0.4 is 5.73 Å². The van der Waals surface area contributed by atoms with Gasteiger partial charge in [-0.3, -0.25) is 0 Å². The highest BCUT2D eigenvalue weighted by atomic mass is 79.9. The number of halogens is 1. The van der Waals surface area contributed by atoms with Crippen molar-refractivity contribution in [3.8, 4) is 11.5 Å². The van der Waals surface area contributed by atoms with Crippen molar-refractivity contribution >= 4 is 15.9 Å². The van der Waals surface area contributed by atoms with Crippen LogP contribution in [-0.4, -0.2) is 15.8 Å². The van der Waals surface area contributed by atoms with Crippen molar-refractivity contribution in [2.45, 2.75) is 25.8 Å². The number of rotatable bonds is 2. The number of aromatic hydroxyl groups is 2. The van der Waals surface area contributed by atoms with E-state index < -0.39 is 0 Å². The molecule has 1 aromatic rings. The Morgan fingerprint density at radius 3 is 2.36 bits per heavy atom. The zero-order valence-electron chi connectivity index (χ0n) is 8.21. The van der Waals surface area contributed by atoms with Gasteiger partial charge >= 0.3 is 0 Å². The largest absolute Gasteiger partial charge is 0.504 e. The lowest BCUT2D eigenvalue weighted by Crippen LogP contribution is -2.34. The van der Waals surface area contributed by atoms with E-state index in [0.717, 1.165) is 5.56 Å². The van der Waals surface area contributed by atoms with Crippen LogP contribution in [0.1, 0.15) is 19.4 Å². The van der Waals surface area contributed by atoms with Crippen molar-refractivity contribution in [2.75, 3.05) is 0 Å². The van der Waals surface area contributed by atoms with Gasteiger partial charge in [0.25, 0.3) is 0 Å². The predicted octanol–water partition coefficient (Wildman–Crippen LogP) is 2.14. The van der Waals surface area contributed by atoms with Crippen LogP contribution in [0.4, 0.5) is 0 Å². The van der Waals surface area contributed by atoms with Gasteiger partial charge in [0, 0.05) is 5.54 Å². The quantitative estimate of drug-likeness (QED) is 0.714. The molecule has 0 bridgehead atoms. The lowest BCUT2D eigenvalue weighted by molar-refractivity contribution is 0.400. The fourth-order valence-electron chi connectivity index (χ4n) is 1.27. The number of benzene rings is 1. The summed E-state index contributed by atoms with van der Waals surface area (Å²) < 4.78 is 0.483. The third kappa shape index (κ3) is 2.89. The topological polar surface area (TPSA) is 66.5 Å². The smallest absolute Gasteiger partial charge is 0.171 e. The Kier molecular flexibility index (Phi) is 3.07. The molecule has 0 fully saturated rings. The van der Waals surface area contributed by atoms with Gasteiger partial charge in [-0.25, -0.2) is 0 Å². The molecule has 1 aromatic carbocycles. The zero-order chi connectivity index (χ0) is 10.9. The summed E-state index contributed by atoms with van der Waals surface area (Å²) in [5, 5.41) is 18.7. The summed E-state index contributed by atoms with van der Waals surface area (Å²) in [7, 11) is 0. The molecular formula is C10H14BrNO2. The van der Waals surface area contributed by atoms with Crippen molar-refractivity contribution < 1.29 is 10.2 Å². The molecule has 0 aliphatic heterocycles. The second-order valence-electron chi connectivity index (χ2n) is 4.11. The molecule has 78 valence electrons. The summed E-state index contributed by atoms with van der Waals surface area (Å²) >= 11 is 3.15. The SMILES string of the molecule is CC(C)(N)Cc1cc(O)c(O)c(Br)c1. The molecule has 14 heavy (non-hydrogen) atoms. The van der Waals surface area contributed by atoms with E-state index in [4.69, 9.17) is 5.73 Å². The molecule has 4 heteroatoms. The van der Waals surface area contributed by atoms with Crippen LogP contribution in [0.5, 0.6) is 11.5 Å². The van der Waals surface area contributed by atoms with Crippen LogP contribution in [-0.2, 0) is 6.42 Å². The maximum Gasteiger partial charge on any atom is 0.171 e. The number of phenols is 2. The molecule has 0 saturated carbocycles. The summed E-state index contributed by atoms with van der Waals surface area (Å²) in [5.41, 5.74) is 6.40. The third-order valence-corrected chi connectivity index (χ3v) is 2.37. The minimum atomic E-state index is -0.331. The van der Waals surface area contributed by atoms with E-state index in [1.807, 2.05) is 13.8 Å². The summed E-state index contributed by atoms with van der Waals surface area (Å²) in [6, 6.07) is 3.28. The van der Waals surface area contributed by atoms with Crippen LogP contribution >= 0.6 is 15.9 Å². The van der Waals surface area contributed by atoms with Gasteiger partial charge in [0.1, 0.15) is 0 Å².